The van der Waals surface area contributed by atoms with Crippen LogP contribution >= 0.6 is 0 Å². The largest absolute Gasteiger partial charge is 0.449 e. The summed E-state index contributed by atoms with van der Waals surface area (Å²) < 4.78 is 37.3. The molecule has 0 spiro atoms. The van der Waals surface area contributed by atoms with Crippen LogP contribution in [0, 0.1) is 0 Å². The Hall–Kier alpha value is -1.97. The number of carbonyl (C=O) groups is 2. The van der Waals surface area contributed by atoms with E-state index in [1.54, 1.807) is 0 Å². The van der Waals surface area contributed by atoms with Gasteiger partial charge in [-0.1, -0.05) is 6.07 Å². The van der Waals surface area contributed by atoms with Crippen molar-refractivity contribution in [2.75, 3.05) is 13.2 Å². The van der Waals surface area contributed by atoms with E-state index in [-0.39, 0.29) is 23.1 Å². The van der Waals surface area contributed by atoms with E-state index in [2.05, 4.69) is 4.72 Å². The third-order valence-corrected chi connectivity index (χ3v) is 5.01. The molecule has 0 aromatic heterocycles. The Labute approximate surface area is 140 Å². The molecule has 8 nitrogen and oxygen atoms in total. The minimum Gasteiger partial charge on any atom is -0.449 e. The summed E-state index contributed by atoms with van der Waals surface area (Å²) in [6, 6.07) is 5.38. The Morgan fingerprint density at radius 1 is 1.46 bits per heavy atom. The number of amides is 1. The predicted octanol–water partition coefficient (Wildman–Crippen LogP) is 0.175. The van der Waals surface area contributed by atoms with Gasteiger partial charge in [-0.15, -0.1) is 0 Å². The molecule has 1 aromatic rings. The molecule has 132 valence electrons. The normalized spacial score (nSPS) is 19.0. The molecule has 24 heavy (non-hydrogen) atoms. The molecule has 2 atom stereocenters. The number of primary amides is 1. The molecule has 0 saturated carbocycles. The smallest absolute Gasteiger partial charge is 0.338 e. The molecule has 0 radical (unpaired) electrons. The fourth-order valence-electron chi connectivity index (χ4n) is 2.17. The van der Waals surface area contributed by atoms with Gasteiger partial charge in [0.2, 0.25) is 10.0 Å². The number of hydrogen-bond donors (Lipinski definition) is 2. The van der Waals surface area contributed by atoms with Crippen LogP contribution in [0.2, 0.25) is 0 Å². The molecular weight excluding hydrogens is 336 g/mol. The molecule has 0 unspecified atom stereocenters. The fourth-order valence-corrected chi connectivity index (χ4v) is 3.28. The number of ether oxygens (including phenoxy) is 2. The van der Waals surface area contributed by atoms with E-state index in [0.717, 1.165) is 12.8 Å². The van der Waals surface area contributed by atoms with Crippen molar-refractivity contribution < 1.29 is 27.5 Å². The zero-order valence-corrected chi connectivity index (χ0v) is 14.0. The number of sulfonamides is 1. The van der Waals surface area contributed by atoms with Gasteiger partial charge < -0.3 is 15.2 Å². The number of esters is 1. The van der Waals surface area contributed by atoms with Crippen LogP contribution in [0.1, 0.15) is 30.1 Å². The SMILES string of the molecule is C[C@H](OC(=O)c1cccc(S(=O)(=O)NC[C@H]2CCCO2)c1)C(N)=O. The first-order valence-corrected chi connectivity index (χ1v) is 8.99. The van der Waals surface area contributed by atoms with Gasteiger partial charge in [0.1, 0.15) is 0 Å². The van der Waals surface area contributed by atoms with Crippen LogP contribution in [-0.4, -0.2) is 45.7 Å². The van der Waals surface area contributed by atoms with Crippen molar-refractivity contribution in [1.82, 2.24) is 4.72 Å². The van der Waals surface area contributed by atoms with Crippen molar-refractivity contribution >= 4 is 21.9 Å². The molecule has 1 fully saturated rings. The topological polar surface area (TPSA) is 125 Å². The van der Waals surface area contributed by atoms with E-state index in [1.807, 2.05) is 0 Å². The molecule has 1 saturated heterocycles. The standard InChI is InChI=1S/C15H20N2O6S/c1-10(14(16)18)23-15(19)11-4-2-6-13(8-11)24(20,21)17-9-12-5-3-7-22-12/h2,4,6,8,10,12,17H,3,5,7,9H2,1H3,(H2,16,18)/t10-,12+/m0/s1. The van der Waals surface area contributed by atoms with E-state index >= 15 is 0 Å². The molecule has 1 aliphatic rings. The lowest BCUT2D eigenvalue weighted by Gasteiger charge is -2.13. The zero-order valence-electron chi connectivity index (χ0n) is 13.2. The van der Waals surface area contributed by atoms with Gasteiger partial charge in [0.25, 0.3) is 5.91 Å². The third kappa shape index (κ3) is 4.76. The predicted molar refractivity (Wildman–Crippen MR) is 84.7 cm³/mol. The summed E-state index contributed by atoms with van der Waals surface area (Å²) >= 11 is 0. The molecule has 0 bridgehead atoms. The number of rotatable bonds is 7. The van der Waals surface area contributed by atoms with Gasteiger partial charge in [-0.2, -0.15) is 0 Å². The molecule has 2 rings (SSSR count). The Kier molecular flexibility index (Phi) is 5.92. The van der Waals surface area contributed by atoms with Gasteiger partial charge in [-0.3, -0.25) is 4.79 Å². The van der Waals surface area contributed by atoms with E-state index in [0.29, 0.717) is 6.61 Å². The molecule has 0 aliphatic carbocycles. The minimum atomic E-state index is -3.78. The third-order valence-electron chi connectivity index (χ3n) is 3.59. The average molecular weight is 356 g/mol. The number of benzene rings is 1. The summed E-state index contributed by atoms with van der Waals surface area (Å²) in [5.41, 5.74) is 5.04. The van der Waals surface area contributed by atoms with Gasteiger partial charge in [0.05, 0.1) is 16.6 Å². The summed E-state index contributed by atoms with van der Waals surface area (Å²) in [5, 5.41) is 0. The first-order chi connectivity index (χ1) is 11.3. The van der Waals surface area contributed by atoms with Crippen molar-refractivity contribution in [3.63, 3.8) is 0 Å². The van der Waals surface area contributed by atoms with Crippen molar-refractivity contribution in [3.8, 4) is 0 Å². The highest BCUT2D eigenvalue weighted by Crippen LogP contribution is 2.15. The quantitative estimate of drug-likeness (QED) is 0.671. The van der Waals surface area contributed by atoms with Crippen molar-refractivity contribution in [2.45, 2.75) is 36.9 Å². The van der Waals surface area contributed by atoms with Gasteiger partial charge in [0, 0.05) is 13.2 Å². The van der Waals surface area contributed by atoms with Crippen LogP contribution in [0.15, 0.2) is 29.2 Å². The van der Waals surface area contributed by atoms with Crippen molar-refractivity contribution in [2.24, 2.45) is 5.73 Å². The lowest BCUT2D eigenvalue weighted by atomic mass is 10.2. The highest BCUT2D eigenvalue weighted by Gasteiger charge is 2.22. The Bertz CT molecular complexity index is 712. The van der Waals surface area contributed by atoms with Crippen LogP contribution in [0.25, 0.3) is 0 Å². The summed E-state index contributed by atoms with van der Waals surface area (Å²) in [5.74, 6) is -1.61. The van der Waals surface area contributed by atoms with Crippen LogP contribution in [0.3, 0.4) is 0 Å². The maximum atomic E-state index is 12.3. The van der Waals surface area contributed by atoms with Gasteiger partial charge in [0.15, 0.2) is 6.10 Å². The second-order valence-electron chi connectivity index (χ2n) is 5.46. The summed E-state index contributed by atoms with van der Waals surface area (Å²) in [7, 11) is -3.78. The Morgan fingerprint density at radius 3 is 2.83 bits per heavy atom. The van der Waals surface area contributed by atoms with Crippen LogP contribution in [0.4, 0.5) is 0 Å². The van der Waals surface area contributed by atoms with Crippen LogP contribution < -0.4 is 10.5 Å². The summed E-state index contributed by atoms with van der Waals surface area (Å²) in [6.45, 7) is 2.14. The van der Waals surface area contributed by atoms with E-state index in [9.17, 15) is 18.0 Å². The molecule has 3 N–H and O–H groups in total. The van der Waals surface area contributed by atoms with Gasteiger partial charge >= 0.3 is 5.97 Å². The first kappa shape index (κ1) is 18.4. The van der Waals surface area contributed by atoms with Gasteiger partial charge in [-0.25, -0.2) is 17.9 Å². The Balaban J connectivity index is 2.07. The van der Waals surface area contributed by atoms with E-state index < -0.39 is 28.0 Å². The van der Waals surface area contributed by atoms with Crippen LogP contribution in [-0.2, 0) is 24.3 Å². The minimum absolute atomic E-state index is 0.0168. The Morgan fingerprint density at radius 2 is 2.21 bits per heavy atom. The second kappa shape index (κ2) is 7.73. The second-order valence-corrected chi connectivity index (χ2v) is 7.23. The highest BCUT2D eigenvalue weighted by atomic mass is 32.2. The molecule has 1 aliphatic heterocycles. The number of nitrogens with one attached hydrogen (secondary N) is 1. The molecule has 9 heteroatoms. The zero-order chi connectivity index (χ0) is 17.7. The lowest BCUT2D eigenvalue weighted by molar-refractivity contribution is -0.125. The summed E-state index contributed by atoms with van der Waals surface area (Å²) in [4.78, 5) is 22.8. The maximum absolute atomic E-state index is 12.3. The molecule has 1 heterocycles. The van der Waals surface area contributed by atoms with E-state index in [4.69, 9.17) is 15.2 Å². The lowest BCUT2D eigenvalue weighted by Crippen LogP contribution is -2.32. The fraction of sp³-hybridized carbons (Fsp3) is 0.467. The molecule has 1 aromatic carbocycles. The van der Waals surface area contributed by atoms with E-state index in [1.165, 1.54) is 31.2 Å². The van der Waals surface area contributed by atoms with Gasteiger partial charge in [-0.05, 0) is 38.0 Å². The van der Waals surface area contributed by atoms with Crippen LogP contribution in [0.5, 0.6) is 0 Å². The summed E-state index contributed by atoms with van der Waals surface area (Å²) in [6.07, 6.45) is 0.478. The first-order valence-electron chi connectivity index (χ1n) is 7.51. The number of nitrogens with two attached hydrogens (primary N) is 1. The molecular formula is C15H20N2O6S. The number of carbonyl (C=O) groups excluding carboxylic acids is 2. The average Bonchev–Trinajstić information content (AvgIpc) is 3.06. The molecule has 1 amide bonds. The van der Waals surface area contributed by atoms with Crippen molar-refractivity contribution in [1.29, 1.82) is 0 Å². The monoisotopic (exact) mass is 356 g/mol. The maximum Gasteiger partial charge on any atom is 0.338 e. The highest BCUT2D eigenvalue weighted by molar-refractivity contribution is 7.89. The van der Waals surface area contributed by atoms with Crippen molar-refractivity contribution in [3.05, 3.63) is 29.8 Å². The number of hydrogen-bond acceptors (Lipinski definition) is 6.